The molecular formula is C38H47FN6O9S. The van der Waals surface area contributed by atoms with Crippen LogP contribution in [0.15, 0.2) is 47.5 Å². The van der Waals surface area contributed by atoms with Crippen molar-refractivity contribution in [3.8, 4) is 17.0 Å². The Labute approximate surface area is 318 Å². The number of hydrogen-bond donors (Lipinski definition) is 3. The lowest BCUT2D eigenvalue weighted by atomic mass is 9.85. The number of aromatic nitrogens is 2. The first-order valence-corrected chi connectivity index (χ1v) is 19.7. The van der Waals surface area contributed by atoms with E-state index in [9.17, 15) is 32.0 Å². The smallest absolute Gasteiger partial charge is 0.408 e. The molecule has 2 aromatic heterocycles. The third-order valence-corrected chi connectivity index (χ3v) is 11.7. The van der Waals surface area contributed by atoms with Crippen LogP contribution in [0, 0.1) is 24.1 Å². The van der Waals surface area contributed by atoms with Crippen LogP contribution in [0.5, 0.6) is 5.75 Å². The largest absolute Gasteiger partial charge is 0.484 e. The highest BCUT2D eigenvalue weighted by atomic mass is 32.2. The van der Waals surface area contributed by atoms with Crippen molar-refractivity contribution in [1.29, 1.82) is 0 Å². The number of benzene rings is 1. The van der Waals surface area contributed by atoms with Crippen LogP contribution in [0.3, 0.4) is 0 Å². The van der Waals surface area contributed by atoms with Gasteiger partial charge in [0.15, 0.2) is 5.75 Å². The number of hydrogen-bond acceptors (Lipinski definition) is 11. The van der Waals surface area contributed by atoms with E-state index in [4.69, 9.17) is 14.0 Å². The van der Waals surface area contributed by atoms with Gasteiger partial charge in [-0.25, -0.2) is 22.6 Å². The maximum atomic E-state index is 14.6. The maximum Gasteiger partial charge on any atom is 0.408 e. The fraction of sp³-hybridized carbons (Fsp3) is 0.526. The summed E-state index contributed by atoms with van der Waals surface area (Å²) in [6, 6.07) is 4.92. The second-order valence-corrected chi connectivity index (χ2v) is 18.5. The van der Waals surface area contributed by atoms with Gasteiger partial charge in [0.25, 0.3) is 5.91 Å². The Morgan fingerprint density at radius 2 is 1.78 bits per heavy atom. The summed E-state index contributed by atoms with van der Waals surface area (Å²) in [5, 5.41) is 8.81. The third kappa shape index (κ3) is 8.45. The van der Waals surface area contributed by atoms with E-state index in [1.54, 1.807) is 66.7 Å². The molecule has 3 N–H and O–H groups in total. The van der Waals surface area contributed by atoms with E-state index in [0.717, 1.165) is 0 Å². The summed E-state index contributed by atoms with van der Waals surface area (Å²) >= 11 is 0. The number of aryl methyl sites for hydroxylation is 1. The summed E-state index contributed by atoms with van der Waals surface area (Å²) in [4.78, 5) is 61.4. The number of sulfonamides is 1. The normalized spacial score (nSPS) is 23.1. The second-order valence-electron chi connectivity index (χ2n) is 16.6. The SMILES string of the molecule is C=CC1CC1(NC(=O)C1CC(Oc2cc(-c3ccc(F)cc3)nc3c(C)noc23)CN1C(=O)C(NC(=O)OC(C)(C)C)C(C)(C)C)C(=O)NS(=O)(=O)C1CC1. The van der Waals surface area contributed by atoms with Gasteiger partial charge in [0.2, 0.25) is 27.4 Å². The number of pyridine rings is 1. The van der Waals surface area contributed by atoms with Crippen molar-refractivity contribution < 1.29 is 46.0 Å². The molecule has 2 aliphatic carbocycles. The van der Waals surface area contributed by atoms with Crippen molar-refractivity contribution in [3.05, 3.63) is 54.5 Å². The highest BCUT2D eigenvalue weighted by Gasteiger charge is 2.62. The summed E-state index contributed by atoms with van der Waals surface area (Å²) in [5.41, 5.74) is -1.23. The van der Waals surface area contributed by atoms with Crippen molar-refractivity contribution in [2.24, 2.45) is 11.3 Å². The summed E-state index contributed by atoms with van der Waals surface area (Å²) < 4.78 is 58.9. The number of nitrogens with one attached hydrogen (secondary N) is 3. The van der Waals surface area contributed by atoms with Gasteiger partial charge >= 0.3 is 6.09 Å². The molecule has 296 valence electrons. The molecule has 5 unspecified atom stereocenters. The Balaban J connectivity index is 1.33. The van der Waals surface area contributed by atoms with Crippen molar-refractivity contribution >= 4 is 44.9 Å². The average molecular weight is 783 g/mol. The first-order chi connectivity index (χ1) is 25.6. The predicted molar refractivity (Wildman–Crippen MR) is 198 cm³/mol. The van der Waals surface area contributed by atoms with Crippen LogP contribution in [0.1, 0.15) is 72.9 Å². The zero-order chi connectivity index (χ0) is 40.2. The number of likely N-dealkylation sites (tertiary alicyclic amines) is 1. The Morgan fingerprint density at radius 3 is 2.36 bits per heavy atom. The molecule has 3 fully saturated rings. The molecule has 2 saturated carbocycles. The van der Waals surface area contributed by atoms with Crippen molar-refractivity contribution in [2.45, 2.75) is 109 Å². The first kappa shape index (κ1) is 39.6. The van der Waals surface area contributed by atoms with E-state index in [1.807, 2.05) is 0 Å². The Bertz CT molecular complexity index is 2140. The molecule has 1 saturated heterocycles. The summed E-state index contributed by atoms with van der Waals surface area (Å²) in [6.45, 7) is 15.6. The molecule has 0 radical (unpaired) electrons. The number of fused-ring (bicyclic) bond motifs is 1. The monoisotopic (exact) mass is 782 g/mol. The highest BCUT2D eigenvalue weighted by molar-refractivity contribution is 7.91. The number of ether oxygens (including phenoxy) is 2. The van der Waals surface area contributed by atoms with Gasteiger partial charge in [-0.3, -0.25) is 19.1 Å². The summed E-state index contributed by atoms with van der Waals surface area (Å²) in [6.07, 6.45) is 0.701. The number of carbonyl (C=O) groups is 4. The van der Waals surface area contributed by atoms with Gasteiger partial charge in [-0.2, -0.15) is 0 Å². The molecule has 0 spiro atoms. The molecule has 6 rings (SSSR count). The maximum absolute atomic E-state index is 14.6. The van der Waals surface area contributed by atoms with E-state index < -0.39 is 85.6 Å². The van der Waals surface area contributed by atoms with Crippen molar-refractivity contribution in [1.82, 2.24) is 30.4 Å². The fourth-order valence-corrected chi connectivity index (χ4v) is 8.03. The fourth-order valence-electron chi connectivity index (χ4n) is 6.67. The summed E-state index contributed by atoms with van der Waals surface area (Å²) in [5.74, 6) is -3.00. The van der Waals surface area contributed by atoms with Crippen LogP contribution in [-0.2, 0) is 29.1 Å². The zero-order valence-electron chi connectivity index (χ0n) is 31.9. The van der Waals surface area contributed by atoms with E-state index in [1.165, 1.54) is 23.1 Å². The molecule has 15 nitrogen and oxygen atoms in total. The number of nitrogens with zero attached hydrogens (tertiary/aromatic N) is 3. The van der Waals surface area contributed by atoms with Gasteiger partial charge in [-0.1, -0.05) is 32.0 Å². The number of alkyl carbamates (subject to hydrolysis) is 1. The molecule has 17 heteroatoms. The second kappa shape index (κ2) is 14.2. The molecule has 5 atom stereocenters. The quantitative estimate of drug-likeness (QED) is 0.235. The minimum atomic E-state index is -3.94. The van der Waals surface area contributed by atoms with E-state index in [0.29, 0.717) is 35.3 Å². The number of halogens is 1. The molecule has 1 aromatic carbocycles. The molecule has 1 aliphatic heterocycles. The number of carbonyl (C=O) groups excluding carboxylic acids is 4. The van der Waals surface area contributed by atoms with Gasteiger partial charge in [0.1, 0.15) is 46.4 Å². The molecule has 4 amide bonds. The molecule has 55 heavy (non-hydrogen) atoms. The lowest BCUT2D eigenvalue weighted by molar-refractivity contribution is -0.143. The van der Waals surface area contributed by atoms with Crippen LogP contribution in [0.2, 0.25) is 0 Å². The zero-order valence-corrected chi connectivity index (χ0v) is 32.7. The number of amides is 4. The number of rotatable bonds is 11. The van der Waals surface area contributed by atoms with Gasteiger partial charge in [0.05, 0.1) is 17.5 Å². The van der Waals surface area contributed by atoms with Crippen LogP contribution in [0.4, 0.5) is 9.18 Å². The average Bonchev–Trinajstić information content (AvgIpc) is 3.99. The predicted octanol–water partition coefficient (Wildman–Crippen LogP) is 4.29. The topological polar surface area (TPSA) is 199 Å². The van der Waals surface area contributed by atoms with Crippen LogP contribution < -0.4 is 20.1 Å². The molecule has 3 heterocycles. The first-order valence-electron chi connectivity index (χ1n) is 18.1. The van der Waals surface area contributed by atoms with E-state index >= 15 is 0 Å². The Morgan fingerprint density at radius 1 is 1.11 bits per heavy atom. The van der Waals surface area contributed by atoms with Crippen LogP contribution >= 0.6 is 0 Å². The molecule has 3 aromatic rings. The van der Waals surface area contributed by atoms with E-state index in [2.05, 4.69) is 32.1 Å². The minimum absolute atomic E-state index is 0.0689. The Hall–Kier alpha value is -5.06. The van der Waals surface area contributed by atoms with Gasteiger partial charge in [0, 0.05) is 24.0 Å². The molecule has 0 bridgehead atoms. The van der Waals surface area contributed by atoms with Crippen LogP contribution in [-0.4, -0.2) is 88.4 Å². The van der Waals surface area contributed by atoms with Gasteiger partial charge in [-0.05, 0) is 76.6 Å². The molecular weight excluding hydrogens is 736 g/mol. The van der Waals surface area contributed by atoms with Gasteiger partial charge < -0.3 is 29.5 Å². The van der Waals surface area contributed by atoms with Crippen molar-refractivity contribution in [2.75, 3.05) is 6.54 Å². The summed E-state index contributed by atoms with van der Waals surface area (Å²) in [7, 11) is -3.94. The lowest BCUT2D eigenvalue weighted by Crippen LogP contribution is -2.60. The highest BCUT2D eigenvalue weighted by Crippen LogP contribution is 2.46. The van der Waals surface area contributed by atoms with Crippen molar-refractivity contribution in [3.63, 3.8) is 0 Å². The minimum Gasteiger partial charge on any atom is -0.484 e. The van der Waals surface area contributed by atoms with Gasteiger partial charge in [-0.15, -0.1) is 6.58 Å². The third-order valence-electron chi connectivity index (χ3n) is 9.86. The lowest BCUT2D eigenvalue weighted by Gasteiger charge is -2.36. The van der Waals surface area contributed by atoms with E-state index in [-0.39, 0.29) is 30.7 Å². The standard InChI is InChI=1S/C38H47FN6O9S/c1-9-22-18-38(22,34(48)44-55(50,51)25-14-15-25)42-32(46)27-16-24(19-45(27)33(47)31(36(3,4)5)41-35(49)53-37(6,7)8)52-28-17-26(21-10-12-23(39)13-11-21)40-29-20(2)43-54-30(28)29/h9-13,17,22,24-25,27,31H,1,14-16,18-19H2,2-8H3,(H,41,49)(H,42,46)(H,44,48). The Kier molecular flexibility index (Phi) is 10.2. The molecule has 3 aliphatic rings. The van der Waals surface area contributed by atoms with Crippen LogP contribution in [0.25, 0.3) is 22.4 Å².